The summed E-state index contributed by atoms with van der Waals surface area (Å²) in [5.41, 5.74) is 0.722. The Hall–Kier alpha value is -2.43. The van der Waals surface area contributed by atoms with Crippen LogP contribution in [0, 0.1) is 11.3 Å². The van der Waals surface area contributed by atoms with Gasteiger partial charge < -0.3 is 4.90 Å². The second kappa shape index (κ2) is 8.10. The number of hydrogen-bond donors (Lipinski definition) is 1. The lowest BCUT2D eigenvalue weighted by atomic mass is 10.1. The number of benzene rings is 1. The molecule has 8 heteroatoms. The number of aromatic nitrogens is 2. The molecule has 1 fully saturated rings. The number of amides is 1. The first-order chi connectivity index (χ1) is 12.2. The summed E-state index contributed by atoms with van der Waals surface area (Å²) >= 11 is 7.16. The average molecular weight is 374 g/mol. The maximum Gasteiger partial charge on any atom is 0.268 e. The van der Waals surface area contributed by atoms with E-state index in [-0.39, 0.29) is 5.57 Å². The van der Waals surface area contributed by atoms with Gasteiger partial charge in [-0.2, -0.15) is 5.26 Å². The molecule has 128 valence electrons. The fraction of sp³-hybridized carbons (Fsp3) is 0.294. The summed E-state index contributed by atoms with van der Waals surface area (Å²) in [4.78, 5) is 14.5. The lowest BCUT2D eigenvalue weighted by Crippen LogP contribution is -2.29. The molecule has 1 aromatic heterocycles. The van der Waals surface area contributed by atoms with Gasteiger partial charge in [-0.25, -0.2) is 0 Å². The Morgan fingerprint density at radius 2 is 1.96 bits per heavy atom. The molecule has 3 rings (SSSR count). The van der Waals surface area contributed by atoms with Crippen LogP contribution in [0.15, 0.2) is 29.8 Å². The third-order valence-corrected chi connectivity index (χ3v) is 4.96. The monoisotopic (exact) mass is 373 g/mol. The van der Waals surface area contributed by atoms with E-state index in [0.717, 1.165) is 36.6 Å². The first kappa shape index (κ1) is 17.4. The van der Waals surface area contributed by atoms with Crippen molar-refractivity contribution < 1.29 is 4.79 Å². The molecule has 2 heterocycles. The van der Waals surface area contributed by atoms with E-state index in [4.69, 9.17) is 11.6 Å². The van der Waals surface area contributed by atoms with Crippen molar-refractivity contribution in [2.45, 2.75) is 19.3 Å². The Morgan fingerprint density at radius 3 is 2.64 bits per heavy atom. The highest BCUT2D eigenvalue weighted by Crippen LogP contribution is 2.26. The Labute approximate surface area is 154 Å². The third kappa shape index (κ3) is 4.56. The highest BCUT2D eigenvalue weighted by atomic mass is 35.5. The van der Waals surface area contributed by atoms with Crippen LogP contribution >= 0.6 is 22.9 Å². The zero-order valence-corrected chi connectivity index (χ0v) is 15.0. The van der Waals surface area contributed by atoms with Gasteiger partial charge in [-0.05, 0) is 43.0 Å². The molecule has 25 heavy (non-hydrogen) atoms. The number of rotatable bonds is 4. The van der Waals surface area contributed by atoms with Crippen molar-refractivity contribution in [3.05, 3.63) is 40.4 Å². The highest BCUT2D eigenvalue weighted by molar-refractivity contribution is 7.19. The largest absolute Gasteiger partial charge is 0.347 e. The van der Waals surface area contributed by atoms with Gasteiger partial charge in [-0.1, -0.05) is 35.1 Å². The summed E-state index contributed by atoms with van der Waals surface area (Å²) < 4.78 is 0. The van der Waals surface area contributed by atoms with Crippen LogP contribution in [-0.2, 0) is 4.79 Å². The van der Waals surface area contributed by atoms with E-state index < -0.39 is 5.91 Å². The molecule has 1 N–H and O–H groups in total. The molecule has 1 aliphatic heterocycles. The molecular weight excluding hydrogens is 358 g/mol. The molecule has 0 aliphatic carbocycles. The van der Waals surface area contributed by atoms with Gasteiger partial charge in [0.15, 0.2) is 0 Å². The van der Waals surface area contributed by atoms with Crippen molar-refractivity contribution in [2.75, 3.05) is 23.3 Å². The van der Waals surface area contributed by atoms with Crippen molar-refractivity contribution in [2.24, 2.45) is 0 Å². The van der Waals surface area contributed by atoms with Crippen LogP contribution in [0.1, 0.15) is 24.8 Å². The van der Waals surface area contributed by atoms with Crippen LogP contribution in [-0.4, -0.2) is 29.2 Å². The van der Waals surface area contributed by atoms with Gasteiger partial charge in [0.25, 0.3) is 5.91 Å². The predicted molar refractivity (Wildman–Crippen MR) is 99.6 cm³/mol. The van der Waals surface area contributed by atoms with Gasteiger partial charge >= 0.3 is 0 Å². The second-order valence-electron chi connectivity index (χ2n) is 5.61. The minimum absolute atomic E-state index is 0.00274. The molecule has 1 aliphatic rings. The predicted octanol–water partition coefficient (Wildman–Crippen LogP) is 3.73. The van der Waals surface area contributed by atoms with E-state index in [1.54, 1.807) is 24.3 Å². The molecule has 0 unspecified atom stereocenters. The number of carbonyl (C=O) groups excluding carboxylic acids is 1. The number of anilines is 2. The molecule has 0 spiro atoms. The maximum absolute atomic E-state index is 12.3. The molecule has 0 bridgehead atoms. The van der Waals surface area contributed by atoms with E-state index in [1.807, 2.05) is 6.07 Å². The number of halogens is 1. The van der Waals surface area contributed by atoms with Gasteiger partial charge in [-0.15, -0.1) is 10.2 Å². The Bertz CT molecular complexity index is 818. The van der Waals surface area contributed by atoms with Crippen LogP contribution < -0.4 is 10.2 Å². The Morgan fingerprint density at radius 1 is 1.24 bits per heavy atom. The van der Waals surface area contributed by atoms with Gasteiger partial charge in [0.2, 0.25) is 10.3 Å². The zero-order chi connectivity index (χ0) is 17.6. The molecular formula is C17H16ClN5OS. The van der Waals surface area contributed by atoms with Gasteiger partial charge in [-0.3, -0.25) is 10.1 Å². The summed E-state index contributed by atoms with van der Waals surface area (Å²) in [6.45, 7) is 1.92. The fourth-order valence-corrected chi connectivity index (χ4v) is 3.44. The number of carbonyl (C=O) groups is 1. The maximum atomic E-state index is 12.3. The van der Waals surface area contributed by atoms with Crippen LogP contribution in [0.25, 0.3) is 6.08 Å². The summed E-state index contributed by atoms with van der Waals surface area (Å²) in [7, 11) is 0. The number of piperidine rings is 1. The first-order valence-electron chi connectivity index (χ1n) is 7.93. The molecule has 0 atom stereocenters. The standard InChI is InChI=1S/C17H16ClN5OS/c18-14-6-4-12(5-7-14)10-13(11-19)15(24)20-16-21-22-17(25-16)23-8-2-1-3-9-23/h4-7,10H,1-3,8-9H2,(H,20,21,24)/b13-10-. The van der Waals surface area contributed by atoms with Crippen molar-refractivity contribution in [1.29, 1.82) is 5.26 Å². The number of nitriles is 1. The molecule has 1 saturated heterocycles. The SMILES string of the molecule is N#C/C(=C/c1ccc(Cl)cc1)C(=O)Nc1nnc(N2CCCCC2)s1. The van der Waals surface area contributed by atoms with Gasteiger partial charge in [0.05, 0.1) is 0 Å². The van der Waals surface area contributed by atoms with E-state index in [9.17, 15) is 10.1 Å². The number of hydrogen-bond acceptors (Lipinski definition) is 6. The summed E-state index contributed by atoms with van der Waals surface area (Å²) in [6.07, 6.45) is 5.03. The van der Waals surface area contributed by atoms with E-state index in [2.05, 4.69) is 20.4 Å². The molecule has 0 radical (unpaired) electrons. The molecule has 0 saturated carbocycles. The third-order valence-electron chi connectivity index (χ3n) is 3.81. The first-order valence-corrected chi connectivity index (χ1v) is 9.12. The molecule has 2 aromatic rings. The quantitative estimate of drug-likeness (QED) is 0.652. The topological polar surface area (TPSA) is 81.9 Å². The molecule has 6 nitrogen and oxygen atoms in total. The van der Waals surface area contributed by atoms with Crippen LogP contribution in [0.3, 0.4) is 0 Å². The number of nitrogens with one attached hydrogen (secondary N) is 1. The highest BCUT2D eigenvalue weighted by Gasteiger charge is 2.17. The average Bonchev–Trinajstić information content (AvgIpc) is 3.10. The van der Waals surface area contributed by atoms with Crippen molar-refractivity contribution in [3.8, 4) is 6.07 Å². The lowest BCUT2D eigenvalue weighted by molar-refractivity contribution is -0.112. The van der Waals surface area contributed by atoms with Crippen LogP contribution in [0.2, 0.25) is 5.02 Å². The minimum atomic E-state index is -0.501. The summed E-state index contributed by atoms with van der Waals surface area (Å²) in [5.74, 6) is -0.501. The fourth-order valence-electron chi connectivity index (χ4n) is 2.52. The van der Waals surface area contributed by atoms with Crippen molar-refractivity contribution in [3.63, 3.8) is 0 Å². The smallest absolute Gasteiger partial charge is 0.268 e. The van der Waals surface area contributed by atoms with E-state index in [1.165, 1.54) is 23.8 Å². The van der Waals surface area contributed by atoms with E-state index in [0.29, 0.717) is 10.2 Å². The second-order valence-corrected chi connectivity index (χ2v) is 7.01. The van der Waals surface area contributed by atoms with Gasteiger partial charge in [0, 0.05) is 18.1 Å². The zero-order valence-electron chi connectivity index (χ0n) is 13.4. The summed E-state index contributed by atoms with van der Waals surface area (Å²) in [5, 5.41) is 21.8. The van der Waals surface area contributed by atoms with Crippen molar-refractivity contribution >= 4 is 45.2 Å². The van der Waals surface area contributed by atoms with Crippen LogP contribution in [0.5, 0.6) is 0 Å². The van der Waals surface area contributed by atoms with E-state index >= 15 is 0 Å². The van der Waals surface area contributed by atoms with Gasteiger partial charge in [0.1, 0.15) is 11.6 Å². The minimum Gasteiger partial charge on any atom is -0.347 e. The normalized spacial score (nSPS) is 14.9. The molecule has 1 amide bonds. The summed E-state index contributed by atoms with van der Waals surface area (Å²) in [6, 6.07) is 8.81. The number of nitrogens with zero attached hydrogens (tertiary/aromatic N) is 4. The Kier molecular flexibility index (Phi) is 5.64. The molecule has 1 aromatic carbocycles. The Balaban J connectivity index is 1.69. The van der Waals surface area contributed by atoms with Crippen molar-refractivity contribution in [1.82, 2.24) is 10.2 Å². The van der Waals surface area contributed by atoms with Crippen LogP contribution in [0.4, 0.5) is 10.3 Å². The lowest BCUT2D eigenvalue weighted by Gasteiger charge is -2.25.